The first-order valence-corrected chi connectivity index (χ1v) is 4.25. The minimum atomic E-state index is -0.953. The molecular formula is C10H11FO3. The summed E-state index contributed by atoms with van der Waals surface area (Å²) in [5, 5.41) is 17.9. The Hall–Kier alpha value is -1.42. The Bertz CT molecular complexity index is 308. The van der Waals surface area contributed by atoms with Gasteiger partial charge in [-0.1, -0.05) is 12.1 Å². The van der Waals surface area contributed by atoms with E-state index in [0.717, 1.165) is 0 Å². The molecule has 0 aliphatic rings. The number of aliphatic hydroxyl groups is 1. The van der Waals surface area contributed by atoms with Crippen molar-refractivity contribution in [2.75, 3.05) is 0 Å². The number of carboxylic acid groups (broad SMARTS) is 1. The maximum Gasteiger partial charge on any atom is 0.303 e. The molecule has 0 spiro atoms. The van der Waals surface area contributed by atoms with Crippen LogP contribution in [-0.2, 0) is 4.79 Å². The molecule has 0 aliphatic heterocycles. The Labute approximate surface area is 80.8 Å². The van der Waals surface area contributed by atoms with Gasteiger partial charge in [-0.05, 0) is 24.1 Å². The third-order valence-corrected chi connectivity index (χ3v) is 1.89. The van der Waals surface area contributed by atoms with Crippen molar-refractivity contribution in [2.45, 2.75) is 18.9 Å². The van der Waals surface area contributed by atoms with Crippen LogP contribution in [0, 0.1) is 5.82 Å². The summed E-state index contributed by atoms with van der Waals surface area (Å²) in [6, 6.07) is 5.36. The number of hydrogen-bond acceptors (Lipinski definition) is 2. The molecule has 14 heavy (non-hydrogen) atoms. The molecule has 0 radical (unpaired) electrons. The number of aliphatic carboxylic acids is 1. The highest BCUT2D eigenvalue weighted by atomic mass is 19.1. The van der Waals surface area contributed by atoms with Crippen LogP contribution >= 0.6 is 0 Å². The van der Waals surface area contributed by atoms with Crippen LogP contribution in [-0.4, -0.2) is 16.2 Å². The van der Waals surface area contributed by atoms with Crippen LogP contribution in [0.1, 0.15) is 24.5 Å². The molecule has 76 valence electrons. The second-order valence-electron chi connectivity index (χ2n) is 3.00. The maximum atomic E-state index is 12.5. The lowest BCUT2D eigenvalue weighted by atomic mass is 10.1. The smallest absolute Gasteiger partial charge is 0.303 e. The molecule has 0 amide bonds. The molecule has 0 saturated heterocycles. The van der Waals surface area contributed by atoms with Gasteiger partial charge in [0.15, 0.2) is 0 Å². The van der Waals surface area contributed by atoms with Crippen LogP contribution < -0.4 is 0 Å². The predicted octanol–water partition coefficient (Wildman–Crippen LogP) is 1.72. The third-order valence-electron chi connectivity index (χ3n) is 1.89. The van der Waals surface area contributed by atoms with Crippen LogP contribution in [0.3, 0.4) is 0 Å². The van der Waals surface area contributed by atoms with E-state index in [1.165, 1.54) is 24.3 Å². The van der Waals surface area contributed by atoms with E-state index in [0.29, 0.717) is 5.56 Å². The number of carboxylic acids is 1. The fraction of sp³-hybridized carbons (Fsp3) is 0.300. The minimum absolute atomic E-state index is 0.0987. The quantitative estimate of drug-likeness (QED) is 0.774. The van der Waals surface area contributed by atoms with Gasteiger partial charge < -0.3 is 10.2 Å². The lowest BCUT2D eigenvalue weighted by molar-refractivity contribution is -0.137. The maximum absolute atomic E-state index is 12.5. The topological polar surface area (TPSA) is 57.5 Å². The molecule has 0 aromatic heterocycles. The molecule has 1 aromatic rings. The highest BCUT2D eigenvalue weighted by Gasteiger charge is 2.09. The van der Waals surface area contributed by atoms with Gasteiger partial charge in [-0.3, -0.25) is 4.79 Å². The number of benzene rings is 1. The molecule has 2 N–H and O–H groups in total. The van der Waals surface area contributed by atoms with Crippen molar-refractivity contribution in [3.63, 3.8) is 0 Å². The van der Waals surface area contributed by atoms with Gasteiger partial charge in [0.2, 0.25) is 0 Å². The molecule has 1 atom stereocenters. The molecule has 1 aromatic carbocycles. The van der Waals surface area contributed by atoms with Gasteiger partial charge in [-0.15, -0.1) is 0 Å². The highest BCUT2D eigenvalue weighted by molar-refractivity contribution is 5.66. The van der Waals surface area contributed by atoms with Crippen molar-refractivity contribution >= 4 is 5.97 Å². The molecule has 1 rings (SSSR count). The van der Waals surface area contributed by atoms with Gasteiger partial charge in [0, 0.05) is 6.42 Å². The van der Waals surface area contributed by atoms with E-state index >= 15 is 0 Å². The minimum Gasteiger partial charge on any atom is -0.481 e. The van der Waals surface area contributed by atoms with Gasteiger partial charge in [0.25, 0.3) is 0 Å². The van der Waals surface area contributed by atoms with E-state index in [1.807, 2.05) is 0 Å². The normalized spacial score (nSPS) is 12.4. The Morgan fingerprint density at radius 3 is 2.43 bits per heavy atom. The number of aliphatic hydroxyl groups excluding tert-OH is 1. The summed E-state index contributed by atoms with van der Waals surface area (Å²) >= 11 is 0. The average molecular weight is 198 g/mol. The van der Waals surface area contributed by atoms with E-state index in [-0.39, 0.29) is 18.7 Å². The number of carbonyl (C=O) groups is 1. The summed E-state index contributed by atoms with van der Waals surface area (Å²) in [7, 11) is 0. The zero-order valence-electron chi connectivity index (χ0n) is 7.48. The molecule has 0 fully saturated rings. The van der Waals surface area contributed by atoms with Gasteiger partial charge in [0.05, 0.1) is 6.10 Å². The highest BCUT2D eigenvalue weighted by Crippen LogP contribution is 2.18. The SMILES string of the molecule is O=C(O)CCC(O)c1ccc(F)cc1. The first kappa shape index (κ1) is 10.7. The molecule has 1 unspecified atom stereocenters. The third kappa shape index (κ3) is 3.14. The largest absolute Gasteiger partial charge is 0.481 e. The first-order chi connectivity index (χ1) is 6.59. The number of hydrogen-bond donors (Lipinski definition) is 2. The Morgan fingerprint density at radius 2 is 1.93 bits per heavy atom. The van der Waals surface area contributed by atoms with Crippen molar-refractivity contribution in [3.05, 3.63) is 35.6 Å². The van der Waals surface area contributed by atoms with Crippen molar-refractivity contribution in [3.8, 4) is 0 Å². The zero-order valence-corrected chi connectivity index (χ0v) is 7.48. The van der Waals surface area contributed by atoms with Crippen LogP contribution in [0.25, 0.3) is 0 Å². The van der Waals surface area contributed by atoms with Crippen molar-refractivity contribution in [1.82, 2.24) is 0 Å². The van der Waals surface area contributed by atoms with Crippen molar-refractivity contribution in [2.24, 2.45) is 0 Å². The van der Waals surface area contributed by atoms with Crippen LogP contribution in [0.5, 0.6) is 0 Å². The van der Waals surface area contributed by atoms with E-state index < -0.39 is 12.1 Å². The predicted molar refractivity (Wildman–Crippen MR) is 48.2 cm³/mol. The van der Waals surface area contributed by atoms with Crippen molar-refractivity contribution < 1.29 is 19.4 Å². The summed E-state index contributed by atoms with van der Waals surface area (Å²) in [5.74, 6) is -1.33. The average Bonchev–Trinajstić information content (AvgIpc) is 2.15. The fourth-order valence-corrected chi connectivity index (χ4v) is 1.11. The van der Waals surface area contributed by atoms with Gasteiger partial charge >= 0.3 is 5.97 Å². The first-order valence-electron chi connectivity index (χ1n) is 4.25. The van der Waals surface area contributed by atoms with Crippen LogP contribution in [0.2, 0.25) is 0 Å². The second-order valence-corrected chi connectivity index (χ2v) is 3.00. The van der Waals surface area contributed by atoms with Gasteiger partial charge in [-0.25, -0.2) is 4.39 Å². The number of halogens is 1. The fourth-order valence-electron chi connectivity index (χ4n) is 1.11. The molecule has 0 bridgehead atoms. The Morgan fingerprint density at radius 1 is 1.36 bits per heavy atom. The monoisotopic (exact) mass is 198 g/mol. The van der Waals surface area contributed by atoms with E-state index in [1.54, 1.807) is 0 Å². The van der Waals surface area contributed by atoms with Crippen LogP contribution in [0.15, 0.2) is 24.3 Å². The standard InChI is InChI=1S/C10H11FO3/c11-8-3-1-7(2-4-8)9(12)5-6-10(13)14/h1-4,9,12H,5-6H2,(H,13,14). The van der Waals surface area contributed by atoms with E-state index in [2.05, 4.69) is 0 Å². The lowest BCUT2D eigenvalue weighted by Crippen LogP contribution is -2.02. The van der Waals surface area contributed by atoms with E-state index in [4.69, 9.17) is 5.11 Å². The molecule has 0 heterocycles. The van der Waals surface area contributed by atoms with Gasteiger partial charge in [0.1, 0.15) is 5.82 Å². The molecule has 3 nitrogen and oxygen atoms in total. The lowest BCUT2D eigenvalue weighted by Gasteiger charge is -2.08. The summed E-state index contributed by atoms with van der Waals surface area (Å²) in [6.07, 6.45) is -0.800. The Kier molecular flexibility index (Phi) is 3.59. The number of rotatable bonds is 4. The summed E-state index contributed by atoms with van der Waals surface area (Å²) in [5.41, 5.74) is 0.535. The summed E-state index contributed by atoms with van der Waals surface area (Å²) in [6.45, 7) is 0. The van der Waals surface area contributed by atoms with Crippen LogP contribution in [0.4, 0.5) is 4.39 Å². The van der Waals surface area contributed by atoms with Gasteiger partial charge in [-0.2, -0.15) is 0 Å². The van der Waals surface area contributed by atoms with Crippen molar-refractivity contribution in [1.29, 1.82) is 0 Å². The Balaban J connectivity index is 2.56. The zero-order chi connectivity index (χ0) is 10.6. The molecule has 0 aliphatic carbocycles. The molecule has 0 saturated carbocycles. The summed E-state index contributed by atoms with van der Waals surface area (Å²) in [4.78, 5) is 10.2. The summed E-state index contributed by atoms with van der Waals surface area (Å²) < 4.78 is 12.5. The molecular weight excluding hydrogens is 187 g/mol. The second kappa shape index (κ2) is 4.72. The van der Waals surface area contributed by atoms with E-state index in [9.17, 15) is 14.3 Å². The molecule has 4 heteroatoms.